The van der Waals surface area contributed by atoms with Gasteiger partial charge >= 0.3 is 29.6 Å². The minimum Gasteiger partial charge on any atom is -0.616 e. The molecule has 1 aliphatic heterocycles. The van der Waals surface area contributed by atoms with Crippen LogP contribution in [0.25, 0.3) is 0 Å². The van der Waals surface area contributed by atoms with Gasteiger partial charge in [-0.1, -0.05) is 11.2 Å². The zero-order chi connectivity index (χ0) is 4.41. The summed E-state index contributed by atoms with van der Waals surface area (Å²) in [5, 5.41) is 0. The Morgan fingerprint density at radius 1 is 1.14 bits per heavy atom. The van der Waals surface area contributed by atoms with Gasteiger partial charge in [0.1, 0.15) is 11.5 Å². The molecule has 1 aliphatic rings. The van der Waals surface area contributed by atoms with Crippen molar-refractivity contribution in [1.29, 1.82) is 0 Å². The van der Waals surface area contributed by atoms with Crippen molar-refractivity contribution in [2.75, 3.05) is 11.5 Å². The van der Waals surface area contributed by atoms with Crippen molar-refractivity contribution in [1.82, 2.24) is 0 Å². The predicted molar refractivity (Wildman–Crippen MR) is 34.3 cm³/mol. The molecule has 1 nitrogen and oxygen atoms in total. The van der Waals surface area contributed by atoms with Crippen molar-refractivity contribution < 1.29 is 4.55 Å². The minimum absolute atomic E-state index is 0. The Balaban J connectivity index is 0.000000360. The van der Waals surface area contributed by atoms with Crippen LogP contribution in [-0.4, -0.2) is 45.6 Å². The molecule has 1 fully saturated rings. The van der Waals surface area contributed by atoms with Crippen molar-refractivity contribution in [3.63, 3.8) is 0 Å². The van der Waals surface area contributed by atoms with Gasteiger partial charge in [0.15, 0.2) is 0 Å². The Morgan fingerprint density at radius 2 is 1.57 bits per heavy atom. The molecule has 1 heterocycles. The topological polar surface area (TPSA) is 23.1 Å². The van der Waals surface area contributed by atoms with Gasteiger partial charge < -0.3 is 4.55 Å². The standard InChI is InChI=1S/C4H8OS.Na.H/c5-6-3-1-2-4-6;;/h1-4H2;;. The molecule has 38 valence electrons. The Bertz CT molecular complexity index is 45.0. The second-order valence-corrected chi connectivity index (χ2v) is 3.25. The summed E-state index contributed by atoms with van der Waals surface area (Å²) in [4.78, 5) is 0. The van der Waals surface area contributed by atoms with E-state index in [9.17, 15) is 4.55 Å². The first-order chi connectivity index (χ1) is 2.89. The summed E-state index contributed by atoms with van der Waals surface area (Å²) < 4.78 is 10.4. The van der Waals surface area contributed by atoms with E-state index in [-0.39, 0.29) is 29.6 Å². The predicted octanol–water partition coefficient (Wildman–Crippen LogP) is -0.120. The molecule has 1 saturated heterocycles. The molecule has 0 aliphatic carbocycles. The zero-order valence-electron chi connectivity index (χ0n) is 3.64. The fraction of sp³-hybridized carbons (Fsp3) is 1.00. The molecule has 0 bridgehead atoms. The smallest absolute Gasteiger partial charge is 0.105 e. The van der Waals surface area contributed by atoms with Crippen molar-refractivity contribution in [3.05, 3.63) is 0 Å². The molecule has 0 aromatic rings. The molecular formula is C4H9NaOS. The van der Waals surface area contributed by atoms with Crippen LogP contribution < -0.4 is 0 Å². The van der Waals surface area contributed by atoms with E-state index < -0.39 is 11.2 Å². The van der Waals surface area contributed by atoms with Gasteiger partial charge in [-0.05, 0) is 12.8 Å². The SMILES string of the molecule is [NaH].[O-][S+]1CCCC1. The molecule has 0 amide bonds. The molecule has 0 unspecified atom stereocenters. The van der Waals surface area contributed by atoms with Crippen LogP contribution in [0.15, 0.2) is 0 Å². The van der Waals surface area contributed by atoms with Gasteiger partial charge in [0, 0.05) is 0 Å². The first-order valence-corrected chi connectivity index (χ1v) is 3.73. The summed E-state index contributed by atoms with van der Waals surface area (Å²) in [5.41, 5.74) is 0. The van der Waals surface area contributed by atoms with Crippen molar-refractivity contribution in [3.8, 4) is 0 Å². The van der Waals surface area contributed by atoms with E-state index in [0.29, 0.717) is 0 Å². The Hall–Kier alpha value is 1.31. The summed E-state index contributed by atoms with van der Waals surface area (Å²) >= 11 is -0.423. The van der Waals surface area contributed by atoms with Gasteiger partial charge in [-0.2, -0.15) is 0 Å². The molecular weight excluding hydrogens is 119 g/mol. The monoisotopic (exact) mass is 128 g/mol. The van der Waals surface area contributed by atoms with Gasteiger partial charge in [0.05, 0.1) is 0 Å². The summed E-state index contributed by atoms with van der Waals surface area (Å²) in [7, 11) is 0. The summed E-state index contributed by atoms with van der Waals surface area (Å²) in [6.45, 7) is 0. The van der Waals surface area contributed by atoms with Gasteiger partial charge in [-0.15, -0.1) is 0 Å². The second kappa shape index (κ2) is 4.21. The van der Waals surface area contributed by atoms with Crippen LogP contribution in [0.3, 0.4) is 0 Å². The first-order valence-electron chi connectivity index (χ1n) is 2.24. The van der Waals surface area contributed by atoms with E-state index in [4.69, 9.17) is 0 Å². The van der Waals surface area contributed by atoms with Gasteiger partial charge in [0.2, 0.25) is 0 Å². The molecule has 0 atom stereocenters. The third kappa shape index (κ3) is 2.98. The Kier molecular flexibility index (Phi) is 5.00. The quantitative estimate of drug-likeness (QED) is 0.329. The van der Waals surface area contributed by atoms with Gasteiger partial charge in [0.25, 0.3) is 0 Å². The van der Waals surface area contributed by atoms with Crippen LogP contribution in [0.5, 0.6) is 0 Å². The molecule has 0 N–H and O–H groups in total. The maximum absolute atomic E-state index is 10.4. The second-order valence-electron chi connectivity index (χ2n) is 1.56. The molecule has 1 rings (SSSR count). The van der Waals surface area contributed by atoms with E-state index in [1.807, 2.05) is 0 Å². The molecule has 0 spiro atoms. The summed E-state index contributed by atoms with van der Waals surface area (Å²) in [5.74, 6) is 1.92. The third-order valence-electron chi connectivity index (χ3n) is 0.994. The molecule has 7 heavy (non-hydrogen) atoms. The van der Waals surface area contributed by atoms with E-state index in [1.54, 1.807) is 0 Å². The van der Waals surface area contributed by atoms with Crippen molar-refractivity contribution in [2.45, 2.75) is 12.8 Å². The van der Waals surface area contributed by atoms with Gasteiger partial charge in [-0.25, -0.2) is 0 Å². The number of hydrogen-bond donors (Lipinski definition) is 0. The van der Waals surface area contributed by atoms with E-state index in [0.717, 1.165) is 11.5 Å². The third-order valence-corrected chi connectivity index (χ3v) is 2.48. The molecule has 0 aromatic carbocycles. The van der Waals surface area contributed by atoms with Crippen LogP contribution in [0.2, 0.25) is 0 Å². The average molecular weight is 128 g/mol. The zero-order valence-corrected chi connectivity index (χ0v) is 4.46. The maximum Gasteiger partial charge on any atom is 0.105 e. The van der Waals surface area contributed by atoms with Crippen LogP contribution in [-0.2, 0) is 11.2 Å². The van der Waals surface area contributed by atoms with Crippen LogP contribution >= 0.6 is 0 Å². The van der Waals surface area contributed by atoms with Gasteiger partial charge in [-0.3, -0.25) is 0 Å². The number of rotatable bonds is 0. The Morgan fingerprint density at radius 3 is 1.71 bits per heavy atom. The van der Waals surface area contributed by atoms with Crippen molar-refractivity contribution in [2.24, 2.45) is 0 Å². The maximum atomic E-state index is 10.4. The van der Waals surface area contributed by atoms with Crippen molar-refractivity contribution >= 4 is 40.7 Å². The van der Waals surface area contributed by atoms with Crippen LogP contribution in [0.1, 0.15) is 12.8 Å². The molecule has 0 aromatic heterocycles. The van der Waals surface area contributed by atoms with Crippen LogP contribution in [0.4, 0.5) is 0 Å². The molecule has 3 heteroatoms. The summed E-state index contributed by atoms with van der Waals surface area (Å²) in [6.07, 6.45) is 2.37. The number of hydrogen-bond acceptors (Lipinski definition) is 1. The summed E-state index contributed by atoms with van der Waals surface area (Å²) in [6, 6.07) is 0. The van der Waals surface area contributed by atoms with Crippen LogP contribution in [0, 0.1) is 0 Å². The van der Waals surface area contributed by atoms with E-state index >= 15 is 0 Å². The average Bonchev–Trinajstić information content (AvgIpc) is 1.86. The molecule has 0 saturated carbocycles. The molecule has 0 radical (unpaired) electrons. The Labute approximate surface area is 69.3 Å². The first kappa shape index (κ1) is 8.31. The largest absolute Gasteiger partial charge is 0.616 e. The normalized spacial score (nSPS) is 21.9. The van der Waals surface area contributed by atoms with E-state index in [2.05, 4.69) is 0 Å². The fourth-order valence-corrected chi connectivity index (χ4v) is 1.88. The van der Waals surface area contributed by atoms with E-state index in [1.165, 1.54) is 12.8 Å². The minimum atomic E-state index is -0.423. The fourth-order valence-electron chi connectivity index (χ4n) is 0.628.